The van der Waals surface area contributed by atoms with Gasteiger partial charge in [-0.25, -0.2) is 0 Å². The van der Waals surface area contributed by atoms with Crippen molar-refractivity contribution in [2.75, 3.05) is 13.7 Å². The molecule has 2 fully saturated rings. The highest BCUT2D eigenvalue weighted by atomic mass is 16.5. The maximum atomic E-state index is 12.9. The van der Waals surface area contributed by atoms with Crippen LogP contribution in [0.2, 0.25) is 0 Å². The molecule has 5 nitrogen and oxygen atoms in total. The summed E-state index contributed by atoms with van der Waals surface area (Å²) >= 11 is 0. The number of rotatable bonds is 3. The summed E-state index contributed by atoms with van der Waals surface area (Å²) in [5.41, 5.74) is 6.49. The first-order valence-electron chi connectivity index (χ1n) is 7.44. The van der Waals surface area contributed by atoms with E-state index in [1.165, 1.54) is 0 Å². The van der Waals surface area contributed by atoms with Gasteiger partial charge in [-0.15, -0.1) is 0 Å². The van der Waals surface area contributed by atoms with Crippen molar-refractivity contribution in [2.45, 2.75) is 38.5 Å². The van der Waals surface area contributed by atoms with Crippen molar-refractivity contribution in [2.24, 2.45) is 17.1 Å². The number of carbonyl (C=O) groups is 1. The summed E-state index contributed by atoms with van der Waals surface area (Å²) in [6, 6.07) is 3.83. The maximum Gasteiger partial charge on any atom is 0.243 e. The van der Waals surface area contributed by atoms with E-state index in [4.69, 9.17) is 10.5 Å². The summed E-state index contributed by atoms with van der Waals surface area (Å²) < 4.78 is 5.75. The van der Waals surface area contributed by atoms with Gasteiger partial charge in [-0.3, -0.25) is 9.78 Å². The number of hydrogen-bond donors (Lipinski definition) is 1. The second-order valence-corrected chi connectivity index (χ2v) is 6.79. The van der Waals surface area contributed by atoms with Crippen molar-refractivity contribution in [3.8, 4) is 0 Å². The molecule has 0 aromatic carbocycles. The lowest BCUT2D eigenvalue weighted by molar-refractivity contribution is -0.183. The van der Waals surface area contributed by atoms with Crippen molar-refractivity contribution in [1.29, 1.82) is 0 Å². The van der Waals surface area contributed by atoms with Gasteiger partial charge in [0.25, 0.3) is 0 Å². The van der Waals surface area contributed by atoms with Crippen molar-refractivity contribution in [1.82, 2.24) is 9.88 Å². The van der Waals surface area contributed by atoms with E-state index < -0.39 is 5.54 Å². The van der Waals surface area contributed by atoms with Crippen LogP contribution in [0.1, 0.15) is 25.8 Å². The fourth-order valence-corrected chi connectivity index (χ4v) is 3.97. The van der Waals surface area contributed by atoms with E-state index >= 15 is 0 Å². The number of amides is 1. The summed E-state index contributed by atoms with van der Waals surface area (Å²) in [4.78, 5) is 18.7. The fraction of sp³-hybridized carbons (Fsp3) is 0.625. The van der Waals surface area contributed by atoms with E-state index in [-0.39, 0.29) is 23.3 Å². The topological polar surface area (TPSA) is 68.5 Å². The Morgan fingerprint density at radius 1 is 1.48 bits per heavy atom. The van der Waals surface area contributed by atoms with E-state index in [9.17, 15) is 4.79 Å². The molecule has 1 aliphatic heterocycles. The molecule has 2 N–H and O–H groups in total. The van der Waals surface area contributed by atoms with Crippen LogP contribution >= 0.6 is 0 Å². The number of pyridine rings is 1. The van der Waals surface area contributed by atoms with E-state index in [1.807, 2.05) is 33.0 Å². The van der Waals surface area contributed by atoms with Gasteiger partial charge in [0, 0.05) is 43.9 Å². The van der Waals surface area contributed by atoms with E-state index in [1.54, 1.807) is 17.3 Å². The van der Waals surface area contributed by atoms with Crippen LogP contribution in [0.4, 0.5) is 0 Å². The Bertz CT molecular complexity index is 546. The second kappa shape index (κ2) is 4.78. The van der Waals surface area contributed by atoms with Crippen LogP contribution in [-0.2, 0) is 16.1 Å². The maximum absolute atomic E-state index is 12.9. The first-order chi connectivity index (χ1) is 9.89. The molecule has 0 radical (unpaired) electrons. The van der Waals surface area contributed by atoms with Crippen molar-refractivity contribution in [3.63, 3.8) is 0 Å². The Morgan fingerprint density at radius 2 is 2.14 bits per heavy atom. The monoisotopic (exact) mass is 289 g/mol. The van der Waals surface area contributed by atoms with E-state index in [0.717, 1.165) is 12.0 Å². The average Bonchev–Trinajstić information content (AvgIpc) is 2.95. The van der Waals surface area contributed by atoms with Gasteiger partial charge >= 0.3 is 0 Å². The van der Waals surface area contributed by atoms with E-state index in [2.05, 4.69) is 4.98 Å². The van der Waals surface area contributed by atoms with Crippen molar-refractivity contribution >= 4 is 5.91 Å². The molecule has 1 saturated carbocycles. The molecule has 21 heavy (non-hydrogen) atoms. The highest BCUT2D eigenvalue weighted by Gasteiger charge is 2.71. The molecule has 1 aromatic heterocycles. The van der Waals surface area contributed by atoms with Crippen LogP contribution < -0.4 is 5.73 Å². The van der Waals surface area contributed by atoms with Gasteiger partial charge in [-0.05, 0) is 24.1 Å². The molecule has 1 aliphatic carbocycles. The van der Waals surface area contributed by atoms with Gasteiger partial charge in [0.15, 0.2) is 0 Å². The normalized spacial score (nSPS) is 33.1. The van der Waals surface area contributed by atoms with Crippen LogP contribution in [0.25, 0.3) is 0 Å². The number of likely N-dealkylation sites (N-methyl/N-ethyl adjacent to an activating group) is 1. The molecular formula is C16H23N3O2. The molecule has 1 saturated heterocycles. The number of fused-ring (bicyclic) bond motifs is 1. The standard InChI is InChI=1S/C16H23N3O2/c1-15(2)13-12(6-9-21-13)16(15,17)14(20)19(3)10-11-4-7-18-8-5-11/h4-5,7-8,12-13H,6,9-10,17H2,1-3H3. The average molecular weight is 289 g/mol. The fourth-order valence-electron chi connectivity index (χ4n) is 3.97. The molecule has 3 rings (SSSR count). The Hall–Kier alpha value is -1.46. The zero-order valence-corrected chi connectivity index (χ0v) is 12.9. The minimum atomic E-state index is -0.823. The Labute approximate surface area is 125 Å². The molecular weight excluding hydrogens is 266 g/mol. The minimum Gasteiger partial charge on any atom is -0.377 e. The van der Waals surface area contributed by atoms with Gasteiger partial charge in [-0.2, -0.15) is 0 Å². The molecule has 0 spiro atoms. The predicted molar refractivity (Wildman–Crippen MR) is 79.3 cm³/mol. The third-order valence-corrected chi connectivity index (χ3v) is 5.32. The van der Waals surface area contributed by atoms with Gasteiger partial charge < -0.3 is 15.4 Å². The van der Waals surface area contributed by atoms with Crippen LogP contribution in [0.3, 0.4) is 0 Å². The van der Waals surface area contributed by atoms with Crippen molar-refractivity contribution < 1.29 is 9.53 Å². The largest absolute Gasteiger partial charge is 0.377 e. The lowest BCUT2D eigenvalue weighted by Gasteiger charge is -2.61. The molecule has 3 atom stereocenters. The zero-order valence-electron chi connectivity index (χ0n) is 12.9. The third-order valence-electron chi connectivity index (χ3n) is 5.32. The molecule has 2 aliphatic rings. The summed E-state index contributed by atoms with van der Waals surface area (Å²) in [5.74, 6) is 0.149. The van der Waals surface area contributed by atoms with Crippen LogP contribution in [0, 0.1) is 11.3 Å². The number of nitrogens with zero attached hydrogens (tertiary/aromatic N) is 2. The van der Waals surface area contributed by atoms with Gasteiger partial charge in [0.2, 0.25) is 5.91 Å². The lowest BCUT2D eigenvalue weighted by atomic mass is 9.47. The Morgan fingerprint density at radius 3 is 2.81 bits per heavy atom. The predicted octanol–water partition coefficient (Wildman–Crippen LogP) is 1.18. The Kier molecular flexibility index (Phi) is 3.30. The van der Waals surface area contributed by atoms with Gasteiger partial charge in [0.1, 0.15) is 5.54 Å². The molecule has 2 heterocycles. The van der Waals surface area contributed by atoms with Crippen LogP contribution in [0.15, 0.2) is 24.5 Å². The molecule has 1 aromatic rings. The molecule has 3 unspecified atom stereocenters. The van der Waals surface area contributed by atoms with Crippen LogP contribution in [0.5, 0.6) is 0 Å². The number of carbonyl (C=O) groups excluding carboxylic acids is 1. The smallest absolute Gasteiger partial charge is 0.243 e. The molecule has 0 bridgehead atoms. The Balaban J connectivity index is 1.78. The first-order valence-corrected chi connectivity index (χ1v) is 7.44. The van der Waals surface area contributed by atoms with Crippen LogP contribution in [-0.4, -0.2) is 41.1 Å². The second-order valence-electron chi connectivity index (χ2n) is 6.79. The number of nitrogens with two attached hydrogens (primary N) is 1. The SMILES string of the molecule is CN(Cc1ccncc1)C(=O)C1(N)C2CCOC2C1(C)C. The highest BCUT2D eigenvalue weighted by molar-refractivity contribution is 5.89. The summed E-state index contributed by atoms with van der Waals surface area (Å²) in [6.07, 6.45) is 4.46. The van der Waals surface area contributed by atoms with Gasteiger partial charge in [-0.1, -0.05) is 13.8 Å². The lowest BCUT2D eigenvalue weighted by Crippen LogP contribution is -2.80. The number of aromatic nitrogens is 1. The molecule has 114 valence electrons. The minimum absolute atomic E-state index is 0.0102. The van der Waals surface area contributed by atoms with Crippen molar-refractivity contribution in [3.05, 3.63) is 30.1 Å². The third kappa shape index (κ3) is 1.91. The first kappa shape index (κ1) is 14.5. The molecule has 1 amide bonds. The van der Waals surface area contributed by atoms with E-state index in [0.29, 0.717) is 13.2 Å². The quantitative estimate of drug-likeness (QED) is 0.907. The highest BCUT2D eigenvalue weighted by Crippen LogP contribution is 2.58. The summed E-state index contributed by atoms with van der Waals surface area (Å²) in [6.45, 7) is 5.34. The molecule has 5 heteroatoms. The zero-order chi connectivity index (χ0) is 15.3. The number of ether oxygens (including phenoxy) is 1. The van der Waals surface area contributed by atoms with Gasteiger partial charge in [0.05, 0.1) is 6.10 Å². The summed E-state index contributed by atoms with van der Waals surface area (Å²) in [7, 11) is 1.82. The summed E-state index contributed by atoms with van der Waals surface area (Å²) in [5, 5.41) is 0. The number of hydrogen-bond acceptors (Lipinski definition) is 4.